The van der Waals surface area contributed by atoms with E-state index in [4.69, 9.17) is 11.6 Å². The number of carbonyl (C=O) groups excluding carboxylic acids is 1. The molecule has 0 N–H and O–H groups in total. The summed E-state index contributed by atoms with van der Waals surface area (Å²) in [4.78, 5) is 15.8. The van der Waals surface area contributed by atoms with Gasteiger partial charge in [0.1, 0.15) is 11.5 Å². The van der Waals surface area contributed by atoms with Crippen LogP contribution in [0.1, 0.15) is 47.2 Å². The van der Waals surface area contributed by atoms with E-state index >= 15 is 0 Å². The number of carbonyl (C=O) groups is 1. The van der Waals surface area contributed by atoms with Gasteiger partial charge in [-0.1, -0.05) is 67.4 Å². The van der Waals surface area contributed by atoms with Crippen molar-refractivity contribution in [3.05, 3.63) is 76.3 Å². The molecule has 0 aliphatic rings. The zero-order chi connectivity index (χ0) is 19.2. The number of aldehydes is 1. The second-order valence-corrected chi connectivity index (χ2v) is 6.72. The Hall–Kier alpha value is -2.90. The average Bonchev–Trinajstić information content (AvgIpc) is 3.01. The van der Waals surface area contributed by atoms with Crippen LogP contribution in [0, 0.1) is 11.3 Å². The molecule has 0 fully saturated rings. The summed E-state index contributed by atoms with van der Waals surface area (Å²) in [7, 11) is 0. The molecule has 3 rings (SSSR count). The minimum atomic E-state index is 0.260. The zero-order valence-corrected chi connectivity index (χ0v) is 15.9. The highest BCUT2D eigenvalue weighted by atomic mass is 35.5. The van der Waals surface area contributed by atoms with Crippen LogP contribution >= 0.6 is 11.6 Å². The van der Waals surface area contributed by atoms with E-state index in [-0.39, 0.29) is 5.15 Å². The fourth-order valence-corrected chi connectivity index (χ4v) is 3.34. The smallest absolute Gasteiger partial charge is 0.169 e. The lowest BCUT2D eigenvalue weighted by Gasteiger charge is -2.11. The first kappa shape index (κ1) is 18.9. The Morgan fingerprint density at radius 1 is 1.19 bits per heavy atom. The summed E-state index contributed by atoms with van der Waals surface area (Å²) in [5.41, 5.74) is 4.01. The van der Waals surface area contributed by atoms with Gasteiger partial charge in [-0.05, 0) is 29.2 Å². The Kier molecular flexibility index (Phi) is 6.05. The van der Waals surface area contributed by atoms with Crippen molar-refractivity contribution in [3.63, 3.8) is 0 Å². The molecular formula is C22H20ClN3O. The Bertz CT molecular complexity index is 984. The van der Waals surface area contributed by atoms with Crippen molar-refractivity contribution in [2.24, 2.45) is 0 Å². The molecule has 0 unspecified atom stereocenters. The minimum Gasteiger partial charge on any atom is -0.320 e. The maximum absolute atomic E-state index is 11.5. The predicted molar refractivity (Wildman–Crippen MR) is 107 cm³/mol. The summed E-state index contributed by atoms with van der Waals surface area (Å²) in [5, 5.41) is 9.54. The highest BCUT2D eigenvalue weighted by Crippen LogP contribution is 2.25. The van der Waals surface area contributed by atoms with Crippen molar-refractivity contribution in [3.8, 4) is 17.2 Å². The molecule has 0 saturated carbocycles. The van der Waals surface area contributed by atoms with Gasteiger partial charge in [-0.2, -0.15) is 5.26 Å². The lowest BCUT2D eigenvalue weighted by Crippen LogP contribution is -2.08. The van der Waals surface area contributed by atoms with Gasteiger partial charge in [-0.25, -0.2) is 4.98 Å². The molecule has 1 heterocycles. The Morgan fingerprint density at radius 3 is 2.59 bits per heavy atom. The van der Waals surface area contributed by atoms with Crippen molar-refractivity contribution in [1.29, 1.82) is 5.26 Å². The topological polar surface area (TPSA) is 58.7 Å². The minimum absolute atomic E-state index is 0.260. The van der Waals surface area contributed by atoms with Crippen molar-refractivity contribution in [2.45, 2.75) is 32.7 Å². The molecule has 0 aliphatic heterocycles. The van der Waals surface area contributed by atoms with Crippen LogP contribution in [-0.4, -0.2) is 15.8 Å². The summed E-state index contributed by atoms with van der Waals surface area (Å²) in [5.74, 6) is 0.836. The van der Waals surface area contributed by atoms with Crippen molar-refractivity contribution < 1.29 is 4.79 Å². The van der Waals surface area contributed by atoms with Gasteiger partial charge < -0.3 is 4.57 Å². The third-order valence-electron chi connectivity index (χ3n) is 4.56. The van der Waals surface area contributed by atoms with Crippen LogP contribution in [0.15, 0.2) is 48.5 Å². The van der Waals surface area contributed by atoms with E-state index in [0.717, 1.165) is 48.1 Å². The van der Waals surface area contributed by atoms with Gasteiger partial charge in [0.15, 0.2) is 11.4 Å². The molecule has 0 amide bonds. The molecule has 5 heteroatoms. The molecular weight excluding hydrogens is 358 g/mol. The lowest BCUT2D eigenvalue weighted by molar-refractivity contribution is 0.111. The third-order valence-corrected chi connectivity index (χ3v) is 4.84. The third kappa shape index (κ3) is 4.10. The van der Waals surface area contributed by atoms with Crippen LogP contribution in [0.4, 0.5) is 0 Å². The maximum atomic E-state index is 11.5. The second-order valence-electron chi connectivity index (χ2n) is 6.37. The quantitative estimate of drug-likeness (QED) is 0.526. The first-order valence-electron chi connectivity index (χ1n) is 8.96. The SMILES string of the molecule is CCCCc1nc(Cl)c(C=O)n1Cc1ccc(-c2ccccc2C#N)cc1. The molecule has 2 aromatic carbocycles. The molecule has 0 aliphatic carbocycles. The standard InChI is InChI=1S/C22H20ClN3O/c1-2-3-8-21-25-22(23)20(15-27)26(21)14-16-9-11-17(12-10-16)19-7-5-4-6-18(19)13-24/h4-7,9-12,15H,2-3,8,14H2,1H3. The maximum Gasteiger partial charge on any atom is 0.169 e. The summed E-state index contributed by atoms with van der Waals surface area (Å²) in [6.07, 6.45) is 3.60. The highest BCUT2D eigenvalue weighted by Gasteiger charge is 2.15. The molecule has 0 saturated heterocycles. The van der Waals surface area contributed by atoms with E-state index in [1.54, 1.807) is 0 Å². The molecule has 0 bridgehead atoms. The average molecular weight is 378 g/mol. The van der Waals surface area contributed by atoms with Gasteiger partial charge in [0.05, 0.1) is 11.6 Å². The summed E-state index contributed by atoms with van der Waals surface area (Å²) in [6.45, 7) is 2.65. The Balaban J connectivity index is 1.89. The molecule has 3 aromatic rings. The largest absolute Gasteiger partial charge is 0.320 e. The number of unbranched alkanes of at least 4 members (excludes halogenated alkanes) is 1. The fourth-order valence-electron chi connectivity index (χ4n) is 3.10. The van der Waals surface area contributed by atoms with E-state index in [0.29, 0.717) is 17.8 Å². The van der Waals surface area contributed by atoms with Crippen LogP contribution in [-0.2, 0) is 13.0 Å². The lowest BCUT2D eigenvalue weighted by atomic mass is 9.99. The zero-order valence-electron chi connectivity index (χ0n) is 15.2. The van der Waals surface area contributed by atoms with Gasteiger partial charge in [0.25, 0.3) is 0 Å². The summed E-state index contributed by atoms with van der Waals surface area (Å²) < 4.78 is 1.89. The van der Waals surface area contributed by atoms with Crippen LogP contribution < -0.4 is 0 Å². The fraction of sp³-hybridized carbons (Fsp3) is 0.227. The van der Waals surface area contributed by atoms with E-state index in [2.05, 4.69) is 18.0 Å². The molecule has 0 spiro atoms. The van der Waals surface area contributed by atoms with Gasteiger partial charge >= 0.3 is 0 Å². The molecule has 27 heavy (non-hydrogen) atoms. The number of nitriles is 1. The summed E-state index contributed by atoms with van der Waals surface area (Å²) in [6, 6.07) is 17.8. The van der Waals surface area contributed by atoms with E-state index < -0.39 is 0 Å². The van der Waals surface area contributed by atoms with E-state index in [9.17, 15) is 10.1 Å². The van der Waals surface area contributed by atoms with Crippen molar-refractivity contribution in [2.75, 3.05) is 0 Å². The number of benzene rings is 2. The molecule has 136 valence electrons. The Labute approximate surface area is 164 Å². The number of hydrogen-bond donors (Lipinski definition) is 0. The number of aromatic nitrogens is 2. The van der Waals surface area contributed by atoms with Crippen LogP contribution in [0.25, 0.3) is 11.1 Å². The molecule has 0 atom stereocenters. The van der Waals surface area contributed by atoms with E-state index in [1.807, 2.05) is 53.1 Å². The summed E-state index contributed by atoms with van der Waals surface area (Å²) >= 11 is 6.14. The van der Waals surface area contributed by atoms with Crippen LogP contribution in [0.2, 0.25) is 5.15 Å². The monoisotopic (exact) mass is 377 g/mol. The van der Waals surface area contributed by atoms with Gasteiger partial charge in [-0.3, -0.25) is 4.79 Å². The number of nitrogens with zero attached hydrogens (tertiary/aromatic N) is 3. The van der Waals surface area contributed by atoms with Crippen molar-refractivity contribution in [1.82, 2.24) is 9.55 Å². The number of rotatable bonds is 7. The van der Waals surface area contributed by atoms with E-state index in [1.165, 1.54) is 0 Å². The number of halogens is 1. The predicted octanol–water partition coefficient (Wildman–Crippen LogP) is 5.28. The first-order valence-corrected chi connectivity index (χ1v) is 9.34. The highest BCUT2D eigenvalue weighted by molar-refractivity contribution is 6.31. The first-order chi connectivity index (χ1) is 13.2. The number of hydrogen-bond acceptors (Lipinski definition) is 3. The van der Waals surface area contributed by atoms with Crippen LogP contribution in [0.5, 0.6) is 0 Å². The molecule has 1 aromatic heterocycles. The van der Waals surface area contributed by atoms with Gasteiger partial charge in [0.2, 0.25) is 0 Å². The normalized spacial score (nSPS) is 10.6. The van der Waals surface area contributed by atoms with Gasteiger partial charge in [-0.15, -0.1) is 0 Å². The second kappa shape index (κ2) is 8.66. The number of aryl methyl sites for hydroxylation is 1. The number of imidazole rings is 1. The Morgan fingerprint density at radius 2 is 1.93 bits per heavy atom. The van der Waals surface area contributed by atoms with Gasteiger partial charge in [0, 0.05) is 13.0 Å². The molecule has 4 nitrogen and oxygen atoms in total. The van der Waals surface area contributed by atoms with Crippen molar-refractivity contribution >= 4 is 17.9 Å². The van der Waals surface area contributed by atoms with Crippen LogP contribution in [0.3, 0.4) is 0 Å². The molecule has 0 radical (unpaired) electrons.